The molecule has 118 valence electrons. The zero-order valence-electron chi connectivity index (χ0n) is 12.7. The lowest BCUT2D eigenvalue weighted by atomic mass is 9.95. The maximum absolute atomic E-state index is 12.6. The fourth-order valence-corrected chi connectivity index (χ4v) is 3.52. The van der Waals surface area contributed by atoms with E-state index in [0.717, 1.165) is 22.4 Å². The molecule has 4 rings (SSSR count). The van der Waals surface area contributed by atoms with Crippen LogP contribution in [0.4, 0.5) is 0 Å². The Balaban J connectivity index is 1.49. The van der Waals surface area contributed by atoms with Crippen molar-refractivity contribution in [2.24, 2.45) is 5.92 Å². The summed E-state index contributed by atoms with van der Waals surface area (Å²) in [6.45, 7) is 0.382. The van der Waals surface area contributed by atoms with E-state index in [1.54, 1.807) is 0 Å². The standard InChI is InChI=1S/C19H19NO3/c21-16-10-12-5-1-3-7-15(12)18(16)20-19(22)14-9-13-6-2-4-8-17(13)23-11-14/h1-8,14,16,18,21H,9-11H2,(H,20,22). The average molecular weight is 309 g/mol. The van der Waals surface area contributed by atoms with Gasteiger partial charge in [-0.25, -0.2) is 0 Å². The molecule has 0 aromatic heterocycles. The van der Waals surface area contributed by atoms with E-state index in [1.165, 1.54) is 0 Å². The normalized spacial score (nSPS) is 25.2. The van der Waals surface area contributed by atoms with E-state index >= 15 is 0 Å². The van der Waals surface area contributed by atoms with Crippen molar-refractivity contribution in [1.82, 2.24) is 5.32 Å². The number of amides is 1. The first-order chi connectivity index (χ1) is 11.2. The molecular weight excluding hydrogens is 290 g/mol. The Bertz CT molecular complexity index is 743. The summed E-state index contributed by atoms with van der Waals surface area (Å²) in [5, 5.41) is 13.3. The minimum Gasteiger partial charge on any atom is -0.492 e. The zero-order chi connectivity index (χ0) is 15.8. The van der Waals surface area contributed by atoms with Gasteiger partial charge in [0.1, 0.15) is 12.4 Å². The van der Waals surface area contributed by atoms with Crippen molar-refractivity contribution in [3.05, 3.63) is 65.2 Å². The third-order valence-electron chi connectivity index (χ3n) is 4.75. The lowest BCUT2D eigenvalue weighted by Gasteiger charge is -2.27. The number of hydrogen-bond acceptors (Lipinski definition) is 3. The second-order valence-electron chi connectivity index (χ2n) is 6.28. The molecule has 3 atom stereocenters. The van der Waals surface area contributed by atoms with Crippen molar-refractivity contribution in [2.45, 2.75) is 25.0 Å². The van der Waals surface area contributed by atoms with Gasteiger partial charge in [0.15, 0.2) is 0 Å². The van der Waals surface area contributed by atoms with Crippen LogP contribution in [0.5, 0.6) is 5.75 Å². The molecule has 1 heterocycles. The van der Waals surface area contributed by atoms with Crippen LogP contribution in [0.15, 0.2) is 48.5 Å². The van der Waals surface area contributed by atoms with Crippen LogP contribution in [0.25, 0.3) is 0 Å². The number of para-hydroxylation sites is 1. The minimum atomic E-state index is -0.562. The molecule has 2 aliphatic rings. The predicted octanol–water partition coefficient (Wildman–Crippen LogP) is 2.01. The topological polar surface area (TPSA) is 58.6 Å². The van der Waals surface area contributed by atoms with Crippen LogP contribution in [0.2, 0.25) is 0 Å². The van der Waals surface area contributed by atoms with Crippen LogP contribution in [0.1, 0.15) is 22.7 Å². The molecule has 23 heavy (non-hydrogen) atoms. The summed E-state index contributed by atoms with van der Waals surface area (Å²) in [5.74, 6) is 0.591. The zero-order valence-corrected chi connectivity index (χ0v) is 12.7. The lowest BCUT2D eigenvalue weighted by Crippen LogP contribution is -2.41. The van der Waals surface area contributed by atoms with Gasteiger partial charge in [0, 0.05) is 6.42 Å². The van der Waals surface area contributed by atoms with E-state index in [0.29, 0.717) is 19.4 Å². The largest absolute Gasteiger partial charge is 0.492 e. The van der Waals surface area contributed by atoms with Crippen LogP contribution in [0, 0.1) is 5.92 Å². The summed E-state index contributed by atoms with van der Waals surface area (Å²) < 4.78 is 5.69. The molecule has 0 saturated heterocycles. The fraction of sp³-hybridized carbons (Fsp3) is 0.316. The number of hydrogen-bond donors (Lipinski definition) is 2. The number of carbonyl (C=O) groups excluding carboxylic acids is 1. The lowest BCUT2D eigenvalue weighted by molar-refractivity contribution is -0.127. The number of fused-ring (bicyclic) bond motifs is 2. The number of benzene rings is 2. The molecule has 0 spiro atoms. The smallest absolute Gasteiger partial charge is 0.227 e. The number of rotatable bonds is 2. The first-order valence-corrected chi connectivity index (χ1v) is 7.99. The summed E-state index contributed by atoms with van der Waals surface area (Å²) in [6, 6.07) is 15.4. The molecule has 0 radical (unpaired) electrons. The Morgan fingerprint density at radius 2 is 1.78 bits per heavy atom. The maximum atomic E-state index is 12.6. The third-order valence-corrected chi connectivity index (χ3v) is 4.75. The van der Waals surface area contributed by atoms with Gasteiger partial charge >= 0.3 is 0 Å². The summed E-state index contributed by atoms with van der Waals surface area (Å²) in [7, 11) is 0. The van der Waals surface area contributed by atoms with Crippen LogP contribution >= 0.6 is 0 Å². The van der Waals surface area contributed by atoms with Gasteiger partial charge in [-0.2, -0.15) is 0 Å². The Labute approximate surface area is 135 Å². The van der Waals surface area contributed by atoms with E-state index in [1.807, 2.05) is 48.5 Å². The van der Waals surface area contributed by atoms with Gasteiger partial charge in [-0.05, 0) is 29.2 Å². The Morgan fingerprint density at radius 3 is 2.65 bits per heavy atom. The molecule has 4 nitrogen and oxygen atoms in total. The number of carbonyl (C=O) groups is 1. The molecule has 1 amide bonds. The molecule has 0 bridgehead atoms. The second-order valence-corrected chi connectivity index (χ2v) is 6.28. The molecule has 0 fully saturated rings. The number of ether oxygens (including phenoxy) is 1. The monoisotopic (exact) mass is 309 g/mol. The van der Waals surface area contributed by atoms with Gasteiger partial charge < -0.3 is 15.2 Å². The molecule has 1 aliphatic carbocycles. The highest BCUT2D eigenvalue weighted by molar-refractivity contribution is 5.80. The molecule has 2 aromatic rings. The highest BCUT2D eigenvalue weighted by Crippen LogP contribution is 2.32. The van der Waals surface area contributed by atoms with Crippen LogP contribution in [-0.4, -0.2) is 23.7 Å². The van der Waals surface area contributed by atoms with Gasteiger partial charge in [0.05, 0.1) is 18.1 Å². The minimum absolute atomic E-state index is 0.0553. The van der Waals surface area contributed by atoms with Gasteiger partial charge in [0.25, 0.3) is 0 Å². The van der Waals surface area contributed by atoms with E-state index in [-0.39, 0.29) is 17.9 Å². The SMILES string of the molecule is O=C(NC1c2ccccc2CC1O)C1COc2ccccc2C1. The highest BCUT2D eigenvalue weighted by atomic mass is 16.5. The first-order valence-electron chi connectivity index (χ1n) is 7.99. The quantitative estimate of drug-likeness (QED) is 0.892. The van der Waals surface area contributed by atoms with Crippen molar-refractivity contribution in [2.75, 3.05) is 6.61 Å². The molecule has 2 aromatic carbocycles. The van der Waals surface area contributed by atoms with Gasteiger partial charge in [-0.3, -0.25) is 4.79 Å². The van der Waals surface area contributed by atoms with E-state index in [9.17, 15) is 9.90 Å². The maximum Gasteiger partial charge on any atom is 0.227 e. The third kappa shape index (κ3) is 2.59. The van der Waals surface area contributed by atoms with Crippen molar-refractivity contribution < 1.29 is 14.6 Å². The Hall–Kier alpha value is -2.33. The number of nitrogens with one attached hydrogen (secondary N) is 1. The average Bonchev–Trinajstić information content (AvgIpc) is 2.90. The molecular formula is C19H19NO3. The van der Waals surface area contributed by atoms with Crippen LogP contribution < -0.4 is 10.1 Å². The summed E-state index contributed by atoms with van der Waals surface area (Å²) >= 11 is 0. The molecule has 1 aliphatic heterocycles. The van der Waals surface area contributed by atoms with Crippen molar-refractivity contribution in [3.63, 3.8) is 0 Å². The summed E-state index contributed by atoms with van der Waals surface area (Å²) in [5.41, 5.74) is 3.19. The van der Waals surface area contributed by atoms with Crippen LogP contribution in [-0.2, 0) is 17.6 Å². The molecule has 3 unspecified atom stereocenters. The second kappa shape index (κ2) is 5.70. The van der Waals surface area contributed by atoms with Crippen molar-refractivity contribution >= 4 is 5.91 Å². The first kappa shape index (κ1) is 14.3. The van der Waals surface area contributed by atoms with E-state index in [2.05, 4.69) is 5.32 Å². The van der Waals surface area contributed by atoms with Gasteiger partial charge in [-0.15, -0.1) is 0 Å². The molecule has 2 N–H and O–H groups in total. The Kier molecular flexibility index (Phi) is 3.54. The van der Waals surface area contributed by atoms with E-state index < -0.39 is 6.10 Å². The highest BCUT2D eigenvalue weighted by Gasteiger charge is 2.34. The van der Waals surface area contributed by atoms with Crippen molar-refractivity contribution in [1.29, 1.82) is 0 Å². The van der Waals surface area contributed by atoms with E-state index in [4.69, 9.17) is 4.74 Å². The van der Waals surface area contributed by atoms with Crippen LogP contribution in [0.3, 0.4) is 0 Å². The number of aliphatic hydroxyl groups excluding tert-OH is 1. The number of aliphatic hydroxyl groups is 1. The van der Waals surface area contributed by atoms with Gasteiger partial charge in [0.2, 0.25) is 5.91 Å². The molecule has 0 saturated carbocycles. The fourth-order valence-electron chi connectivity index (χ4n) is 3.52. The van der Waals surface area contributed by atoms with Gasteiger partial charge in [-0.1, -0.05) is 42.5 Å². The summed E-state index contributed by atoms with van der Waals surface area (Å²) in [6.07, 6.45) is 0.700. The van der Waals surface area contributed by atoms with Crippen molar-refractivity contribution in [3.8, 4) is 5.75 Å². The Morgan fingerprint density at radius 1 is 1.04 bits per heavy atom. The predicted molar refractivity (Wildman–Crippen MR) is 86.2 cm³/mol. The summed E-state index contributed by atoms with van der Waals surface area (Å²) in [4.78, 5) is 12.6. The molecule has 4 heteroatoms.